The Morgan fingerprint density at radius 3 is 1.93 bits per heavy atom. The summed E-state index contributed by atoms with van der Waals surface area (Å²) in [7, 11) is 0. The summed E-state index contributed by atoms with van der Waals surface area (Å²) in [6, 6.07) is 30.7. The van der Waals surface area contributed by atoms with Crippen LogP contribution in [0.4, 0.5) is 0 Å². The van der Waals surface area contributed by atoms with Gasteiger partial charge in [-0.2, -0.15) is 0 Å². The van der Waals surface area contributed by atoms with E-state index in [0.29, 0.717) is 23.5 Å². The summed E-state index contributed by atoms with van der Waals surface area (Å²) in [5.74, 6) is -1.05. The van der Waals surface area contributed by atoms with Crippen LogP contribution in [0.2, 0.25) is 0 Å². The van der Waals surface area contributed by atoms with E-state index in [-0.39, 0.29) is 12.2 Å². The van der Waals surface area contributed by atoms with Crippen LogP contribution in [0.5, 0.6) is 0 Å². The first-order chi connectivity index (χ1) is 14.6. The van der Waals surface area contributed by atoms with Crippen molar-refractivity contribution >= 4 is 11.8 Å². The zero-order valence-corrected chi connectivity index (χ0v) is 16.4. The van der Waals surface area contributed by atoms with Gasteiger partial charge in [0.2, 0.25) is 5.78 Å². The molecule has 1 N–H and O–H groups in total. The van der Waals surface area contributed by atoms with Gasteiger partial charge in [0.1, 0.15) is 0 Å². The smallest absolute Gasteiger partial charge is 0.309 e. The Balaban J connectivity index is 1.66. The Hall–Kier alpha value is -3.92. The first-order valence-electron chi connectivity index (χ1n) is 9.76. The molecule has 0 aliphatic heterocycles. The summed E-state index contributed by atoms with van der Waals surface area (Å²) in [4.78, 5) is 24.5. The van der Waals surface area contributed by atoms with E-state index in [2.05, 4.69) is 0 Å². The summed E-state index contributed by atoms with van der Waals surface area (Å²) in [6.45, 7) is 0.444. The Morgan fingerprint density at radius 2 is 1.30 bits per heavy atom. The van der Waals surface area contributed by atoms with E-state index in [1.807, 2.05) is 84.9 Å². The fourth-order valence-electron chi connectivity index (χ4n) is 3.56. The van der Waals surface area contributed by atoms with E-state index in [9.17, 15) is 14.7 Å². The highest BCUT2D eigenvalue weighted by molar-refractivity contribution is 6.08. The molecule has 0 unspecified atom stereocenters. The van der Waals surface area contributed by atoms with Gasteiger partial charge < -0.3 is 9.67 Å². The van der Waals surface area contributed by atoms with E-state index in [1.54, 1.807) is 16.7 Å². The Kier molecular flexibility index (Phi) is 5.57. The van der Waals surface area contributed by atoms with Crippen LogP contribution in [0.25, 0.3) is 11.1 Å². The van der Waals surface area contributed by atoms with Crippen molar-refractivity contribution in [2.75, 3.05) is 0 Å². The van der Waals surface area contributed by atoms with Crippen LogP contribution >= 0.6 is 0 Å². The maximum atomic E-state index is 13.2. The van der Waals surface area contributed by atoms with Crippen molar-refractivity contribution in [3.05, 3.63) is 120 Å². The van der Waals surface area contributed by atoms with Gasteiger partial charge in [-0.15, -0.1) is 0 Å². The van der Waals surface area contributed by atoms with E-state index in [0.717, 1.165) is 16.7 Å². The fourth-order valence-corrected chi connectivity index (χ4v) is 3.56. The molecule has 4 heteroatoms. The average molecular weight is 395 g/mol. The van der Waals surface area contributed by atoms with E-state index in [4.69, 9.17) is 0 Å². The first-order valence-corrected chi connectivity index (χ1v) is 9.76. The van der Waals surface area contributed by atoms with Gasteiger partial charge in [0.15, 0.2) is 0 Å². The molecule has 1 aromatic heterocycles. The maximum Gasteiger partial charge on any atom is 0.309 e. The van der Waals surface area contributed by atoms with Crippen molar-refractivity contribution in [2.45, 2.75) is 13.0 Å². The largest absolute Gasteiger partial charge is 0.481 e. The Labute approximate surface area is 175 Å². The minimum absolute atomic E-state index is 0.123. The van der Waals surface area contributed by atoms with Gasteiger partial charge in [0.05, 0.1) is 12.1 Å². The molecular formula is C26H21NO3. The lowest BCUT2D eigenvalue weighted by Crippen LogP contribution is -2.15. The van der Waals surface area contributed by atoms with Gasteiger partial charge in [0, 0.05) is 17.8 Å². The number of carbonyl (C=O) groups is 2. The van der Waals surface area contributed by atoms with Crippen LogP contribution in [-0.2, 0) is 17.8 Å². The molecule has 0 aliphatic rings. The van der Waals surface area contributed by atoms with E-state index >= 15 is 0 Å². The van der Waals surface area contributed by atoms with Gasteiger partial charge in [-0.3, -0.25) is 9.59 Å². The quantitative estimate of drug-likeness (QED) is 0.445. The SMILES string of the molecule is O=C(O)Cc1ccc(C(=O)c2ccc(-c3ccccc3)cc2)n1Cc1ccccc1. The second-order valence-electron chi connectivity index (χ2n) is 7.12. The van der Waals surface area contributed by atoms with Crippen molar-refractivity contribution < 1.29 is 14.7 Å². The van der Waals surface area contributed by atoms with Crippen molar-refractivity contribution in [1.82, 2.24) is 4.57 Å². The molecule has 0 aliphatic carbocycles. The number of hydrogen-bond acceptors (Lipinski definition) is 2. The Morgan fingerprint density at radius 1 is 0.700 bits per heavy atom. The van der Waals surface area contributed by atoms with Gasteiger partial charge in [-0.25, -0.2) is 0 Å². The molecule has 4 aromatic rings. The average Bonchev–Trinajstić information content (AvgIpc) is 3.16. The third kappa shape index (κ3) is 4.23. The lowest BCUT2D eigenvalue weighted by atomic mass is 10.0. The highest BCUT2D eigenvalue weighted by Crippen LogP contribution is 2.22. The van der Waals surface area contributed by atoms with Crippen LogP contribution in [-0.4, -0.2) is 21.4 Å². The molecule has 1 heterocycles. The zero-order chi connectivity index (χ0) is 20.9. The lowest BCUT2D eigenvalue weighted by molar-refractivity contribution is -0.136. The number of rotatable bonds is 7. The number of hydrogen-bond donors (Lipinski definition) is 1. The number of nitrogens with zero attached hydrogens (tertiary/aromatic N) is 1. The number of ketones is 1. The van der Waals surface area contributed by atoms with Crippen LogP contribution in [0.1, 0.15) is 27.3 Å². The summed E-state index contributed by atoms with van der Waals surface area (Å²) < 4.78 is 1.80. The van der Waals surface area contributed by atoms with Crippen molar-refractivity contribution in [3.63, 3.8) is 0 Å². The van der Waals surface area contributed by atoms with E-state index in [1.165, 1.54) is 0 Å². The minimum atomic E-state index is -0.923. The highest BCUT2D eigenvalue weighted by atomic mass is 16.4. The highest BCUT2D eigenvalue weighted by Gasteiger charge is 2.18. The molecule has 0 amide bonds. The summed E-state index contributed by atoms with van der Waals surface area (Å²) >= 11 is 0. The van der Waals surface area contributed by atoms with Crippen LogP contribution in [0.3, 0.4) is 0 Å². The van der Waals surface area contributed by atoms with Gasteiger partial charge in [-0.1, -0.05) is 84.9 Å². The predicted molar refractivity (Wildman–Crippen MR) is 117 cm³/mol. The first kappa shape index (κ1) is 19.4. The topological polar surface area (TPSA) is 59.3 Å². The molecule has 0 spiro atoms. The summed E-state index contributed by atoms with van der Waals surface area (Å²) in [6.07, 6.45) is -0.132. The number of carboxylic acid groups (broad SMARTS) is 1. The number of benzene rings is 3. The van der Waals surface area contributed by atoms with Crippen LogP contribution in [0, 0.1) is 0 Å². The van der Waals surface area contributed by atoms with E-state index < -0.39 is 5.97 Å². The van der Waals surface area contributed by atoms with Crippen LogP contribution < -0.4 is 0 Å². The molecule has 148 valence electrons. The molecule has 4 nitrogen and oxygen atoms in total. The molecule has 0 fully saturated rings. The number of carboxylic acids is 1. The van der Waals surface area contributed by atoms with Crippen LogP contribution in [0.15, 0.2) is 97.1 Å². The standard InChI is InChI=1S/C26H21NO3/c28-25(29)17-23-15-16-24(27(23)18-19-7-3-1-4-8-19)26(30)22-13-11-21(12-14-22)20-9-5-2-6-10-20/h1-16H,17-18H2,(H,28,29). The molecular weight excluding hydrogens is 374 g/mol. The van der Waals surface area contributed by atoms with Crippen molar-refractivity contribution in [3.8, 4) is 11.1 Å². The van der Waals surface area contributed by atoms with Crippen molar-refractivity contribution in [2.24, 2.45) is 0 Å². The number of carbonyl (C=O) groups excluding carboxylic acids is 1. The molecule has 0 radical (unpaired) electrons. The third-order valence-corrected chi connectivity index (χ3v) is 5.07. The monoisotopic (exact) mass is 395 g/mol. The van der Waals surface area contributed by atoms with Gasteiger partial charge in [-0.05, 0) is 28.8 Å². The van der Waals surface area contributed by atoms with Gasteiger partial charge in [0.25, 0.3) is 0 Å². The molecule has 0 saturated heterocycles. The molecule has 0 saturated carbocycles. The minimum Gasteiger partial charge on any atom is -0.481 e. The summed E-state index contributed by atoms with van der Waals surface area (Å²) in [5.41, 5.74) is 4.81. The molecule has 4 rings (SSSR count). The molecule has 0 bridgehead atoms. The summed E-state index contributed by atoms with van der Waals surface area (Å²) in [5, 5.41) is 9.26. The second kappa shape index (κ2) is 8.62. The second-order valence-corrected chi connectivity index (χ2v) is 7.12. The number of aliphatic carboxylic acids is 1. The molecule has 3 aromatic carbocycles. The Bertz CT molecular complexity index is 1160. The van der Waals surface area contributed by atoms with Crippen molar-refractivity contribution in [1.29, 1.82) is 0 Å². The zero-order valence-electron chi connectivity index (χ0n) is 16.4. The normalized spacial score (nSPS) is 10.7. The lowest BCUT2D eigenvalue weighted by Gasteiger charge is -2.13. The van der Waals surface area contributed by atoms with Gasteiger partial charge >= 0.3 is 5.97 Å². The molecule has 0 atom stereocenters. The number of aromatic nitrogens is 1. The third-order valence-electron chi connectivity index (χ3n) is 5.07. The molecule has 30 heavy (non-hydrogen) atoms. The fraction of sp³-hybridized carbons (Fsp3) is 0.0769. The maximum absolute atomic E-state index is 13.2. The predicted octanol–water partition coefficient (Wildman–Crippen LogP) is 5.06.